The molecular formula is C21H21F3N4O3S2. The SMILES string of the molecule is Cc1cc(C(F)(F)F)c(C#N)c(SCC(=O)N2CCN(S(=O)(=O)Cc3ccccc3)CC2)n1. The van der Waals surface area contributed by atoms with Gasteiger partial charge in [0.25, 0.3) is 0 Å². The number of aryl methyl sites for hydroxylation is 1. The predicted octanol–water partition coefficient (Wildman–Crippen LogP) is 3.05. The van der Waals surface area contributed by atoms with Gasteiger partial charge in [0.1, 0.15) is 11.1 Å². The first-order valence-electron chi connectivity index (χ1n) is 9.92. The lowest BCUT2D eigenvalue weighted by molar-refractivity contribution is -0.138. The van der Waals surface area contributed by atoms with Gasteiger partial charge < -0.3 is 4.90 Å². The fraction of sp³-hybridized carbons (Fsp3) is 0.381. The second-order valence-electron chi connectivity index (χ2n) is 7.41. The number of aromatic nitrogens is 1. The first-order valence-corrected chi connectivity index (χ1v) is 12.5. The monoisotopic (exact) mass is 498 g/mol. The van der Waals surface area contributed by atoms with Gasteiger partial charge in [0.15, 0.2) is 0 Å². The minimum absolute atomic E-state index is 0.0912. The van der Waals surface area contributed by atoms with Crippen molar-refractivity contribution in [1.29, 1.82) is 5.26 Å². The highest BCUT2D eigenvalue weighted by Crippen LogP contribution is 2.35. The van der Waals surface area contributed by atoms with Crippen molar-refractivity contribution in [3.8, 4) is 6.07 Å². The molecule has 0 aliphatic carbocycles. The zero-order valence-electron chi connectivity index (χ0n) is 17.7. The van der Waals surface area contributed by atoms with Gasteiger partial charge in [-0.2, -0.15) is 22.7 Å². The van der Waals surface area contributed by atoms with E-state index in [1.165, 1.54) is 16.1 Å². The summed E-state index contributed by atoms with van der Waals surface area (Å²) >= 11 is 0.769. The van der Waals surface area contributed by atoms with Crippen LogP contribution in [0.3, 0.4) is 0 Å². The number of rotatable bonds is 6. The summed E-state index contributed by atoms with van der Waals surface area (Å²) in [6.07, 6.45) is -4.71. The summed E-state index contributed by atoms with van der Waals surface area (Å²) in [6.45, 7) is 2.00. The Hall–Kier alpha value is -2.62. The maximum Gasteiger partial charge on any atom is 0.417 e. The standard InChI is InChI=1S/C21H21F3N4O3S2/c1-15-11-18(21(22,23)24)17(12-25)20(26-15)32-13-19(29)27-7-9-28(10-8-27)33(30,31)14-16-5-3-2-4-6-16/h2-6,11H,7-10,13-14H2,1H3. The van der Waals surface area contributed by atoms with E-state index >= 15 is 0 Å². The maximum atomic E-state index is 13.2. The molecule has 0 radical (unpaired) electrons. The van der Waals surface area contributed by atoms with Crippen molar-refractivity contribution in [2.24, 2.45) is 0 Å². The second-order valence-corrected chi connectivity index (χ2v) is 10.3. The van der Waals surface area contributed by atoms with Gasteiger partial charge in [-0.3, -0.25) is 4.79 Å². The van der Waals surface area contributed by atoms with Gasteiger partial charge in [-0.15, -0.1) is 0 Å². The first kappa shape index (κ1) is 25.0. The molecule has 0 spiro atoms. The predicted molar refractivity (Wildman–Crippen MR) is 117 cm³/mol. The number of sulfonamides is 1. The lowest BCUT2D eigenvalue weighted by Gasteiger charge is -2.34. The van der Waals surface area contributed by atoms with Gasteiger partial charge in [-0.1, -0.05) is 42.1 Å². The summed E-state index contributed by atoms with van der Waals surface area (Å²) in [5.41, 5.74) is -0.925. The molecule has 33 heavy (non-hydrogen) atoms. The van der Waals surface area contributed by atoms with Gasteiger partial charge in [-0.05, 0) is 18.6 Å². The largest absolute Gasteiger partial charge is 0.417 e. The molecule has 3 rings (SSSR count). The molecule has 1 fully saturated rings. The fourth-order valence-corrected chi connectivity index (χ4v) is 5.86. The lowest BCUT2D eigenvalue weighted by atomic mass is 10.1. The van der Waals surface area contributed by atoms with Crippen LogP contribution in [0.25, 0.3) is 0 Å². The smallest absolute Gasteiger partial charge is 0.339 e. The van der Waals surface area contributed by atoms with Gasteiger partial charge >= 0.3 is 6.18 Å². The molecule has 7 nitrogen and oxygen atoms in total. The van der Waals surface area contributed by atoms with E-state index in [0.717, 1.165) is 17.8 Å². The van der Waals surface area contributed by atoms with Crippen molar-refractivity contribution in [2.75, 3.05) is 31.9 Å². The van der Waals surface area contributed by atoms with Crippen LogP contribution in [-0.4, -0.2) is 60.4 Å². The van der Waals surface area contributed by atoms with Crippen molar-refractivity contribution >= 4 is 27.7 Å². The van der Waals surface area contributed by atoms with Crippen LogP contribution in [0.2, 0.25) is 0 Å². The molecule has 12 heteroatoms. The van der Waals surface area contributed by atoms with E-state index in [4.69, 9.17) is 0 Å². The summed E-state index contributed by atoms with van der Waals surface area (Å²) in [7, 11) is -3.54. The number of nitrogens with zero attached hydrogens (tertiary/aromatic N) is 4. The summed E-state index contributed by atoms with van der Waals surface area (Å²) in [4.78, 5) is 18.1. The first-order chi connectivity index (χ1) is 15.5. The number of carbonyl (C=O) groups excluding carboxylic acids is 1. The van der Waals surface area contributed by atoms with E-state index < -0.39 is 27.3 Å². The number of amides is 1. The van der Waals surface area contributed by atoms with E-state index in [1.54, 1.807) is 36.4 Å². The van der Waals surface area contributed by atoms with E-state index in [-0.39, 0.29) is 54.3 Å². The number of halogens is 3. The Labute approximate surface area is 194 Å². The number of carbonyl (C=O) groups is 1. The topological polar surface area (TPSA) is 94.4 Å². The van der Waals surface area contributed by atoms with E-state index in [1.807, 2.05) is 0 Å². The van der Waals surface area contributed by atoms with Gasteiger partial charge in [0.2, 0.25) is 15.9 Å². The Kier molecular flexibility index (Phi) is 7.66. The Balaban J connectivity index is 1.60. The number of alkyl halides is 3. The Bertz CT molecular complexity index is 1160. The van der Waals surface area contributed by atoms with E-state index in [2.05, 4.69) is 4.98 Å². The molecule has 0 N–H and O–H groups in total. The molecule has 176 valence electrons. The molecule has 2 aromatic rings. The summed E-state index contributed by atoms with van der Waals surface area (Å²) < 4.78 is 66.3. The van der Waals surface area contributed by atoms with Crippen LogP contribution >= 0.6 is 11.8 Å². The lowest BCUT2D eigenvalue weighted by Crippen LogP contribution is -2.51. The molecule has 1 amide bonds. The summed E-state index contributed by atoms with van der Waals surface area (Å²) in [5.74, 6) is -0.699. The Morgan fingerprint density at radius 3 is 2.39 bits per heavy atom. The third-order valence-corrected chi connectivity index (χ3v) is 7.85. The third-order valence-electron chi connectivity index (χ3n) is 5.04. The number of benzene rings is 1. The van der Waals surface area contributed by atoms with Crippen LogP contribution in [0.15, 0.2) is 41.4 Å². The molecule has 0 atom stereocenters. The van der Waals surface area contributed by atoms with Crippen molar-refractivity contribution in [2.45, 2.75) is 23.9 Å². The highest BCUT2D eigenvalue weighted by molar-refractivity contribution is 8.00. The van der Waals surface area contributed by atoms with Crippen LogP contribution in [0.4, 0.5) is 13.2 Å². The number of thioether (sulfide) groups is 1. The molecule has 2 heterocycles. The number of hydrogen-bond donors (Lipinski definition) is 0. The van der Waals surface area contributed by atoms with Crippen molar-refractivity contribution in [3.63, 3.8) is 0 Å². The Morgan fingerprint density at radius 1 is 1.18 bits per heavy atom. The quantitative estimate of drug-likeness (QED) is 0.569. The van der Waals surface area contributed by atoms with E-state index in [9.17, 15) is 31.6 Å². The minimum Gasteiger partial charge on any atom is -0.339 e. The highest BCUT2D eigenvalue weighted by Gasteiger charge is 2.36. The minimum atomic E-state index is -4.71. The molecule has 1 aliphatic rings. The summed E-state index contributed by atoms with van der Waals surface area (Å²) in [6, 6.07) is 11.1. The number of piperazine rings is 1. The van der Waals surface area contributed by atoms with Crippen LogP contribution in [-0.2, 0) is 26.7 Å². The van der Waals surface area contributed by atoms with Crippen LogP contribution in [0, 0.1) is 18.3 Å². The number of pyridine rings is 1. The molecular weight excluding hydrogens is 477 g/mol. The normalized spacial score (nSPS) is 15.3. The summed E-state index contributed by atoms with van der Waals surface area (Å²) in [5, 5.41) is 9.07. The average Bonchev–Trinajstić information content (AvgIpc) is 2.77. The number of hydrogen-bond acceptors (Lipinski definition) is 6. The van der Waals surface area contributed by atoms with Gasteiger partial charge in [0, 0.05) is 31.9 Å². The maximum absolute atomic E-state index is 13.2. The molecule has 0 unspecified atom stereocenters. The van der Waals surface area contributed by atoms with Crippen LogP contribution in [0.1, 0.15) is 22.4 Å². The molecule has 0 saturated carbocycles. The van der Waals surface area contributed by atoms with Gasteiger partial charge in [-0.25, -0.2) is 13.4 Å². The van der Waals surface area contributed by atoms with Gasteiger partial charge in [0.05, 0.1) is 22.6 Å². The zero-order valence-corrected chi connectivity index (χ0v) is 19.3. The van der Waals surface area contributed by atoms with Crippen molar-refractivity contribution in [3.05, 3.63) is 58.8 Å². The van der Waals surface area contributed by atoms with Crippen LogP contribution < -0.4 is 0 Å². The molecule has 1 aromatic carbocycles. The van der Waals surface area contributed by atoms with Crippen LogP contribution in [0.5, 0.6) is 0 Å². The molecule has 1 saturated heterocycles. The average molecular weight is 499 g/mol. The molecule has 1 aliphatic heterocycles. The Morgan fingerprint density at radius 2 is 1.82 bits per heavy atom. The number of nitriles is 1. The molecule has 0 bridgehead atoms. The third kappa shape index (κ3) is 6.25. The highest BCUT2D eigenvalue weighted by atomic mass is 32.2. The fourth-order valence-electron chi connectivity index (χ4n) is 3.39. The molecule has 1 aromatic heterocycles. The zero-order chi connectivity index (χ0) is 24.2. The van der Waals surface area contributed by atoms with Crippen molar-refractivity contribution in [1.82, 2.24) is 14.2 Å². The second kappa shape index (κ2) is 10.1. The van der Waals surface area contributed by atoms with Crippen molar-refractivity contribution < 1.29 is 26.4 Å². The van der Waals surface area contributed by atoms with E-state index in [0.29, 0.717) is 5.56 Å².